The van der Waals surface area contributed by atoms with Gasteiger partial charge in [0.05, 0.1) is 6.10 Å². The zero-order valence-electron chi connectivity index (χ0n) is 14.2. The zero-order valence-corrected chi connectivity index (χ0v) is 14.2. The van der Waals surface area contributed by atoms with Gasteiger partial charge in [0, 0.05) is 41.8 Å². The lowest BCUT2D eigenvalue weighted by Gasteiger charge is -2.13. The number of hydrogen-bond acceptors (Lipinski definition) is 2. The molecule has 3 rings (SSSR count). The third kappa shape index (κ3) is 3.05. The highest BCUT2D eigenvalue weighted by molar-refractivity contribution is 5.95. The van der Waals surface area contributed by atoms with Gasteiger partial charge in [-0.1, -0.05) is 35.9 Å². The zero-order chi connectivity index (χ0) is 17.3. The molecule has 0 fully saturated rings. The van der Waals surface area contributed by atoms with Crippen molar-refractivity contribution in [2.75, 3.05) is 6.54 Å². The highest BCUT2D eigenvalue weighted by atomic mass is 16.3. The Labute approximate surface area is 141 Å². The van der Waals surface area contributed by atoms with Gasteiger partial charge in [0.15, 0.2) is 0 Å². The van der Waals surface area contributed by atoms with E-state index in [1.165, 1.54) is 0 Å². The first-order valence-corrected chi connectivity index (χ1v) is 8.05. The molecule has 0 aliphatic rings. The number of aliphatic hydroxyl groups is 1. The summed E-state index contributed by atoms with van der Waals surface area (Å²) in [6.07, 6.45) is 1.17. The minimum atomic E-state index is -0.745. The standard InChI is InChI=1S/C20H22N2O2/c1-13-8-9-14(2)16(10-13)20(24)21-11-19(23)17-12-22(3)18-7-5-4-6-15(17)18/h4-10,12,19,23H,11H2,1-3H3,(H,21,24)/t19-/m0/s1. The predicted octanol–water partition coefficient (Wildman–Crippen LogP) is 3.26. The predicted molar refractivity (Wildman–Crippen MR) is 96.1 cm³/mol. The van der Waals surface area contributed by atoms with E-state index < -0.39 is 6.10 Å². The van der Waals surface area contributed by atoms with E-state index >= 15 is 0 Å². The van der Waals surface area contributed by atoms with Crippen LogP contribution in [-0.2, 0) is 7.05 Å². The maximum atomic E-state index is 12.4. The molecule has 0 unspecified atom stereocenters. The number of carbonyl (C=O) groups is 1. The van der Waals surface area contributed by atoms with Gasteiger partial charge in [-0.25, -0.2) is 0 Å². The molecule has 0 radical (unpaired) electrons. The topological polar surface area (TPSA) is 54.3 Å². The maximum Gasteiger partial charge on any atom is 0.251 e. The maximum absolute atomic E-state index is 12.4. The molecule has 0 saturated carbocycles. The molecule has 4 heteroatoms. The first-order valence-electron chi connectivity index (χ1n) is 8.05. The first-order chi connectivity index (χ1) is 11.5. The van der Waals surface area contributed by atoms with Gasteiger partial charge in [-0.15, -0.1) is 0 Å². The van der Waals surface area contributed by atoms with Crippen LogP contribution < -0.4 is 5.32 Å². The van der Waals surface area contributed by atoms with Crippen LogP contribution in [0.5, 0.6) is 0 Å². The van der Waals surface area contributed by atoms with Crippen molar-refractivity contribution in [2.45, 2.75) is 20.0 Å². The largest absolute Gasteiger partial charge is 0.386 e. The van der Waals surface area contributed by atoms with Crippen LogP contribution in [0, 0.1) is 13.8 Å². The molecule has 3 aromatic rings. The van der Waals surface area contributed by atoms with Gasteiger partial charge in [-0.3, -0.25) is 4.79 Å². The van der Waals surface area contributed by atoms with Gasteiger partial charge in [-0.2, -0.15) is 0 Å². The average Bonchev–Trinajstić information content (AvgIpc) is 2.92. The highest BCUT2D eigenvalue weighted by Crippen LogP contribution is 2.25. The highest BCUT2D eigenvalue weighted by Gasteiger charge is 2.16. The molecule has 2 aromatic carbocycles. The molecule has 4 nitrogen and oxygen atoms in total. The molecule has 0 spiro atoms. The second-order valence-corrected chi connectivity index (χ2v) is 6.26. The Morgan fingerprint density at radius 2 is 1.96 bits per heavy atom. The third-order valence-electron chi connectivity index (χ3n) is 4.38. The molecule has 0 aliphatic heterocycles. The molecular formula is C20H22N2O2. The van der Waals surface area contributed by atoms with E-state index in [4.69, 9.17) is 0 Å². The van der Waals surface area contributed by atoms with E-state index in [1.54, 1.807) is 0 Å². The number of amides is 1. The van der Waals surface area contributed by atoms with Gasteiger partial charge >= 0.3 is 0 Å². The number of carbonyl (C=O) groups excluding carboxylic acids is 1. The molecule has 2 N–H and O–H groups in total. The van der Waals surface area contributed by atoms with Crippen molar-refractivity contribution >= 4 is 16.8 Å². The van der Waals surface area contributed by atoms with E-state index in [1.807, 2.05) is 74.1 Å². The van der Waals surface area contributed by atoms with Gasteiger partial charge < -0.3 is 15.0 Å². The van der Waals surface area contributed by atoms with Crippen LogP contribution >= 0.6 is 0 Å². The van der Waals surface area contributed by atoms with Crippen LogP contribution in [0.4, 0.5) is 0 Å². The number of nitrogens with one attached hydrogen (secondary N) is 1. The Hall–Kier alpha value is -2.59. The molecule has 0 bridgehead atoms. The molecule has 1 aromatic heterocycles. The van der Waals surface area contributed by atoms with Crippen LogP contribution in [0.25, 0.3) is 10.9 Å². The molecule has 0 aliphatic carbocycles. The van der Waals surface area contributed by atoms with Crippen molar-refractivity contribution in [2.24, 2.45) is 7.05 Å². The summed E-state index contributed by atoms with van der Waals surface area (Å²) >= 11 is 0. The normalized spacial score (nSPS) is 12.3. The fourth-order valence-corrected chi connectivity index (χ4v) is 3.01. The lowest BCUT2D eigenvalue weighted by molar-refractivity contribution is 0.0916. The molecule has 0 saturated heterocycles. The van der Waals surface area contributed by atoms with Crippen molar-refractivity contribution < 1.29 is 9.90 Å². The van der Waals surface area contributed by atoms with E-state index in [9.17, 15) is 9.90 Å². The van der Waals surface area contributed by atoms with Gasteiger partial charge in [0.1, 0.15) is 0 Å². The Balaban J connectivity index is 1.76. The Kier molecular flexibility index (Phi) is 4.40. The van der Waals surface area contributed by atoms with Crippen molar-refractivity contribution in [3.8, 4) is 0 Å². The fourth-order valence-electron chi connectivity index (χ4n) is 3.01. The second-order valence-electron chi connectivity index (χ2n) is 6.26. The summed E-state index contributed by atoms with van der Waals surface area (Å²) in [5.41, 5.74) is 4.51. The summed E-state index contributed by atoms with van der Waals surface area (Å²) < 4.78 is 1.99. The van der Waals surface area contributed by atoms with Crippen LogP contribution in [-0.4, -0.2) is 22.1 Å². The Morgan fingerprint density at radius 3 is 2.75 bits per heavy atom. The summed E-state index contributed by atoms with van der Waals surface area (Å²) in [6, 6.07) is 13.7. The third-order valence-corrected chi connectivity index (χ3v) is 4.38. The van der Waals surface area contributed by atoms with Gasteiger partial charge in [0.2, 0.25) is 0 Å². The Bertz CT molecular complexity index is 896. The molecular weight excluding hydrogens is 300 g/mol. The van der Waals surface area contributed by atoms with Gasteiger partial charge in [0.25, 0.3) is 5.91 Å². The lowest BCUT2D eigenvalue weighted by atomic mass is 10.0. The number of rotatable bonds is 4. The summed E-state index contributed by atoms with van der Waals surface area (Å²) in [7, 11) is 1.95. The van der Waals surface area contributed by atoms with Gasteiger partial charge in [-0.05, 0) is 31.5 Å². The molecule has 1 atom stereocenters. The number of hydrogen-bond donors (Lipinski definition) is 2. The smallest absolute Gasteiger partial charge is 0.251 e. The summed E-state index contributed by atoms with van der Waals surface area (Å²) in [4.78, 5) is 12.4. The van der Waals surface area contributed by atoms with E-state index in [0.29, 0.717) is 5.56 Å². The molecule has 1 heterocycles. The van der Waals surface area contributed by atoms with Crippen molar-refractivity contribution in [1.82, 2.24) is 9.88 Å². The number of para-hydroxylation sites is 1. The molecule has 124 valence electrons. The fraction of sp³-hybridized carbons (Fsp3) is 0.250. The number of aryl methyl sites for hydroxylation is 3. The minimum Gasteiger partial charge on any atom is -0.386 e. The number of benzene rings is 2. The van der Waals surface area contributed by atoms with Crippen molar-refractivity contribution in [3.63, 3.8) is 0 Å². The quantitative estimate of drug-likeness (QED) is 0.774. The number of aliphatic hydroxyl groups excluding tert-OH is 1. The van der Waals surface area contributed by atoms with Crippen molar-refractivity contribution in [1.29, 1.82) is 0 Å². The lowest BCUT2D eigenvalue weighted by Crippen LogP contribution is -2.29. The monoisotopic (exact) mass is 322 g/mol. The van der Waals surface area contributed by atoms with E-state index in [2.05, 4.69) is 5.32 Å². The summed E-state index contributed by atoms with van der Waals surface area (Å²) in [6.45, 7) is 4.05. The molecule has 1 amide bonds. The number of fused-ring (bicyclic) bond motifs is 1. The van der Waals surface area contributed by atoms with Crippen LogP contribution in [0.2, 0.25) is 0 Å². The number of nitrogens with zero attached hydrogens (tertiary/aromatic N) is 1. The average molecular weight is 322 g/mol. The minimum absolute atomic E-state index is 0.157. The summed E-state index contributed by atoms with van der Waals surface area (Å²) in [5.74, 6) is -0.157. The van der Waals surface area contributed by atoms with Crippen LogP contribution in [0.15, 0.2) is 48.7 Å². The first kappa shape index (κ1) is 16.3. The van der Waals surface area contributed by atoms with Crippen LogP contribution in [0.1, 0.15) is 33.2 Å². The van der Waals surface area contributed by atoms with E-state index in [-0.39, 0.29) is 12.5 Å². The second kappa shape index (κ2) is 6.49. The van der Waals surface area contributed by atoms with E-state index in [0.717, 1.165) is 27.6 Å². The SMILES string of the molecule is Cc1ccc(C)c(C(=O)NC[C@H](O)c2cn(C)c3ccccc23)c1. The van der Waals surface area contributed by atoms with Crippen LogP contribution in [0.3, 0.4) is 0 Å². The Morgan fingerprint density at radius 1 is 1.21 bits per heavy atom. The molecule has 24 heavy (non-hydrogen) atoms. The summed E-state index contributed by atoms with van der Waals surface area (Å²) in [5, 5.41) is 14.4. The van der Waals surface area contributed by atoms with Crippen molar-refractivity contribution in [3.05, 3.63) is 70.9 Å². The number of aromatic nitrogens is 1.